The fourth-order valence-electron chi connectivity index (χ4n) is 1.56. The molecule has 1 unspecified atom stereocenters. The van der Waals surface area contributed by atoms with Crippen LogP contribution in [-0.4, -0.2) is 10.7 Å². The Morgan fingerprint density at radius 3 is 2.58 bits per heavy atom. The van der Waals surface area contributed by atoms with Crippen LogP contribution in [-0.2, 0) is 0 Å². The van der Waals surface area contributed by atoms with Gasteiger partial charge in [0, 0.05) is 6.42 Å². The van der Waals surface area contributed by atoms with Gasteiger partial charge in [-0.1, -0.05) is 6.92 Å². The third-order valence-electron chi connectivity index (χ3n) is 3.28. The van der Waals surface area contributed by atoms with E-state index in [2.05, 4.69) is 12.8 Å². The maximum Gasteiger partial charge on any atom is 0.0673 e. The van der Waals surface area contributed by atoms with Crippen LogP contribution in [0.25, 0.3) is 0 Å². The first-order valence-electron chi connectivity index (χ1n) is 4.68. The lowest BCUT2D eigenvalue weighted by Gasteiger charge is -2.30. The van der Waals surface area contributed by atoms with E-state index >= 15 is 0 Å². The van der Waals surface area contributed by atoms with Crippen molar-refractivity contribution in [2.45, 2.75) is 51.6 Å². The zero-order valence-electron chi connectivity index (χ0n) is 8.06. The average molecular weight is 166 g/mol. The van der Waals surface area contributed by atoms with E-state index in [0.717, 1.165) is 32.1 Å². The molecule has 0 aromatic carbocycles. The van der Waals surface area contributed by atoms with Crippen LogP contribution in [0.2, 0.25) is 0 Å². The van der Waals surface area contributed by atoms with Crippen LogP contribution in [0.15, 0.2) is 0 Å². The van der Waals surface area contributed by atoms with Crippen molar-refractivity contribution in [1.29, 1.82) is 0 Å². The van der Waals surface area contributed by atoms with E-state index in [0.29, 0.717) is 0 Å². The number of terminal acetylenes is 1. The molecule has 1 fully saturated rings. The van der Waals surface area contributed by atoms with E-state index < -0.39 is 5.60 Å². The number of hydrogen-bond acceptors (Lipinski definition) is 1. The van der Waals surface area contributed by atoms with Crippen LogP contribution in [0.1, 0.15) is 46.0 Å². The van der Waals surface area contributed by atoms with Crippen molar-refractivity contribution in [2.75, 3.05) is 0 Å². The number of hydrogen-bond donors (Lipinski definition) is 1. The molecule has 0 aromatic heterocycles. The van der Waals surface area contributed by atoms with Gasteiger partial charge in [0.15, 0.2) is 0 Å². The Hall–Kier alpha value is -0.480. The maximum atomic E-state index is 10.1. The van der Waals surface area contributed by atoms with E-state index in [-0.39, 0.29) is 5.41 Å². The minimum Gasteiger partial charge on any atom is -0.390 e. The summed E-state index contributed by atoms with van der Waals surface area (Å²) in [5.74, 6) is 2.60. The first-order chi connectivity index (χ1) is 5.52. The van der Waals surface area contributed by atoms with Crippen LogP contribution >= 0.6 is 0 Å². The fourth-order valence-corrected chi connectivity index (χ4v) is 1.56. The highest BCUT2D eigenvalue weighted by atomic mass is 16.3. The molecule has 0 aliphatic heterocycles. The fraction of sp³-hybridized carbons (Fsp3) is 0.818. The lowest BCUT2D eigenvalue weighted by atomic mass is 9.83. The normalized spacial score (nSPS) is 24.2. The largest absolute Gasteiger partial charge is 0.390 e. The number of unbranched alkanes of at least 4 members (excludes halogenated alkanes) is 1. The van der Waals surface area contributed by atoms with Gasteiger partial charge in [-0.25, -0.2) is 0 Å². The third-order valence-corrected chi connectivity index (χ3v) is 3.28. The summed E-state index contributed by atoms with van der Waals surface area (Å²) in [6.45, 7) is 4.10. The molecule has 1 atom stereocenters. The highest BCUT2D eigenvalue weighted by molar-refractivity contribution is 5.03. The molecular formula is C11H18O. The molecule has 0 aromatic rings. The third kappa shape index (κ3) is 1.81. The molecule has 0 radical (unpaired) electrons. The molecule has 68 valence electrons. The summed E-state index contributed by atoms with van der Waals surface area (Å²) >= 11 is 0. The van der Waals surface area contributed by atoms with Crippen LogP contribution in [0.3, 0.4) is 0 Å². The topological polar surface area (TPSA) is 20.2 Å². The predicted octanol–water partition coefficient (Wildman–Crippen LogP) is 2.34. The van der Waals surface area contributed by atoms with Crippen molar-refractivity contribution in [3.8, 4) is 12.3 Å². The highest BCUT2D eigenvalue weighted by Gasteiger charge is 2.51. The Labute approximate surface area is 75.2 Å². The molecule has 1 N–H and O–H groups in total. The first-order valence-corrected chi connectivity index (χ1v) is 4.68. The maximum absolute atomic E-state index is 10.1. The molecule has 0 amide bonds. The van der Waals surface area contributed by atoms with Gasteiger partial charge in [-0.05, 0) is 38.0 Å². The minimum atomic E-state index is -0.496. The van der Waals surface area contributed by atoms with E-state index in [9.17, 15) is 5.11 Å². The molecular weight excluding hydrogens is 148 g/mol. The van der Waals surface area contributed by atoms with E-state index in [1.807, 2.05) is 6.92 Å². The second-order valence-corrected chi connectivity index (χ2v) is 4.39. The van der Waals surface area contributed by atoms with E-state index in [1.54, 1.807) is 0 Å². The van der Waals surface area contributed by atoms with Gasteiger partial charge < -0.3 is 5.11 Å². The van der Waals surface area contributed by atoms with Gasteiger partial charge in [0.2, 0.25) is 0 Å². The van der Waals surface area contributed by atoms with Crippen LogP contribution in [0.4, 0.5) is 0 Å². The van der Waals surface area contributed by atoms with Crippen molar-refractivity contribution in [2.24, 2.45) is 5.41 Å². The van der Waals surface area contributed by atoms with Crippen molar-refractivity contribution in [3.05, 3.63) is 0 Å². The van der Waals surface area contributed by atoms with Gasteiger partial charge in [-0.2, -0.15) is 0 Å². The second kappa shape index (κ2) is 3.11. The summed E-state index contributed by atoms with van der Waals surface area (Å²) in [7, 11) is 0. The Kier molecular flexibility index (Phi) is 2.49. The van der Waals surface area contributed by atoms with Crippen LogP contribution in [0, 0.1) is 17.8 Å². The van der Waals surface area contributed by atoms with Crippen molar-refractivity contribution in [3.63, 3.8) is 0 Å². The highest BCUT2D eigenvalue weighted by Crippen LogP contribution is 2.55. The van der Waals surface area contributed by atoms with E-state index in [4.69, 9.17) is 6.42 Å². The summed E-state index contributed by atoms with van der Waals surface area (Å²) in [4.78, 5) is 0. The zero-order chi connectivity index (χ0) is 9.24. The van der Waals surface area contributed by atoms with Crippen molar-refractivity contribution >= 4 is 0 Å². The predicted molar refractivity (Wildman–Crippen MR) is 50.6 cm³/mol. The molecule has 1 aliphatic rings. The summed E-state index contributed by atoms with van der Waals surface area (Å²) < 4.78 is 0. The first kappa shape index (κ1) is 9.61. The lowest BCUT2D eigenvalue weighted by Crippen LogP contribution is -2.34. The SMILES string of the molecule is C#CCCCC(C)(O)C1(C)CC1. The molecule has 0 spiro atoms. The Morgan fingerprint density at radius 1 is 1.58 bits per heavy atom. The molecule has 0 bridgehead atoms. The molecule has 1 rings (SSSR count). The Balaban J connectivity index is 2.34. The molecule has 1 saturated carbocycles. The molecule has 1 heteroatoms. The molecule has 0 saturated heterocycles. The summed E-state index contributed by atoms with van der Waals surface area (Å²) in [6.07, 6.45) is 10.0. The molecule has 1 aliphatic carbocycles. The van der Waals surface area contributed by atoms with Crippen LogP contribution in [0.5, 0.6) is 0 Å². The summed E-state index contributed by atoms with van der Waals surface area (Å²) in [5.41, 5.74) is -0.314. The minimum absolute atomic E-state index is 0.182. The van der Waals surface area contributed by atoms with Gasteiger partial charge in [0.25, 0.3) is 0 Å². The van der Waals surface area contributed by atoms with Gasteiger partial charge in [0.05, 0.1) is 5.60 Å². The van der Waals surface area contributed by atoms with Gasteiger partial charge in [-0.15, -0.1) is 12.3 Å². The van der Waals surface area contributed by atoms with E-state index in [1.165, 1.54) is 0 Å². The Morgan fingerprint density at radius 2 is 2.17 bits per heavy atom. The van der Waals surface area contributed by atoms with Gasteiger partial charge in [0.1, 0.15) is 0 Å². The van der Waals surface area contributed by atoms with Crippen molar-refractivity contribution in [1.82, 2.24) is 0 Å². The second-order valence-electron chi connectivity index (χ2n) is 4.39. The number of aliphatic hydroxyl groups is 1. The van der Waals surface area contributed by atoms with Crippen LogP contribution < -0.4 is 0 Å². The quantitative estimate of drug-likeness (QED) is 0.502. The van der Waals surface area contributed by atoms with Gasteiger partial charge >= 0.3 is 0 Å². The monoisotopic (exact) mass is 166 g/mol. The lowest BCUT2D eigenvalue weighted by molar-refractivity contribution is -0.0165. The van der Waals surface area contributed by atoms with Crippen molar-refractivity contribution < 1.29 is 5.11 Å². The molecule has 0 heterocycles. The average Bonchev–Trinajstić information content (AvgIpc) is 2.70. The zero-order valence-corrected chi connectivity index (χ0v) is 8.06. The smallest absolute Gasteiger partial charge is 0.0673 e. The molecule has 12 heavy (non-hydrogen) atoms. The summed E-state index contributed by atoms with van der Waals surface area (Å²) in [6, 6.07) is 0. The van der Waals surface area contributed by atoms with Gasteiger partial charge in [-0.3, -0.25) is 0 Å². The Bertz CT molecular complexity index is 194. The molecule has 1 nitrogen and oxygen atoms in total. The summed E-state index contributed by atoms with van der Waals surface area (Å²) in [5, 5.41) is 10.1. The standard InChI is InChI=1S/C11H18O/c1-4-5-6-7-11(3,12)10(2)8-9-10/h1,12H,5-9H2,2-3H3. The number of rotatable bonds is 4.